The van der Waals surface area contributed by atoms with Gasteiger partial charge < -0.3 is 4.74 Å². The van der Waals surface area contributed by atoms with Crippen molar-refractivity contribution in [1.29, 1.82) is 0 Å². The Hall–Kier alpha value is -3.88. The second-order valence-electron chi connectivity index (χ2n) is 7.01. The molecule has 0 aliphatic carbocycles. The molecule has 0 aromatic heterocycles. The number of ether oxygens (including phenoxy) is 1. The maximum atomic E-state index is 12.4. The molecule has 0 fully saturated rings. The molecule has 2 aromatic carbocycles. The number of Topliss-reactive ketones (excluding diaryl/α,β-unsaturated/α-hetero) is 1. The number of benzene rings is 2. The van der Waals surface area contributed by atoms with E-state index in [-0.39, 0.29) is 11.1 Å². The van der Waals surface area contributed by atoms with Crippen molar-refractivity contribution in [1.82, 2.24) is 4.90 Å². The fraction of sp³-hybridized carbons (Fsp3) is 0.238. The highest BCUT2D eigenvalue weighted by Crippen LogP contribution is 2.30. The first-order valence-corrected chi connectivity index (χ1v) is 9.13. The molecule has 0 unspecified atom stereocenters. The number of fused-ring (bicyclic) bond motifs is 1. The average molecular weight is 410 g/mol. The van der Waals surface area contributed by atoms with Gasteiger partial charge in [-0.1, -0.05) is 44.2 Å². The van der Waals surface area contributed by atoms with Crippen LogP contribution in [0.25, 0.3) is 0 Å². The second kappa shape index (κ2) is 8.24. The zero-order valence-corrected chi connectivity index (χ0v) is 16.3. The molecule has 1 aliphatic rings. The summed E-state index contributed by atoms with van der Waals surface area (Å²) in [4.78, 5) is 60.0. The Bertz CT molecular complexity index is 1060. The molecule has 9 heteroatoms. The maximum absolute atomic E-state index is 12.4. The van der Waals surface area contributed by atoms with Gasteiger partial charge in [-0.05, 0) is 17.5 Å². The molecule has 0 saturated carbocycles. The number of carbonyl (C=O) groups excluding carboxylic acids is 4. The van der Waals surface area contributed by atoms with Gasteiger partial charge in [-0.25, -0.2) is 0 Å². The number of esters is 1. The van der Waals surface area contributed by atoms with Crippen LogP contribution in [0, 0.1) is 10.1 Å². The van der Waals surface area contributed by atoms with E-state index >= 15 is 0 Å². The molecule has 2 aromatic rings. The summed E-state index contributed by atoms with van der Waals surface area (Å²) in [5, 5.41) is 11.1. The summed E-state index contributed by atoms with van der Waals surface area (Å²) < 4.78 is 4.90. The van der Waals surface area contributed by atoms with Crippen molar-refractivity contribution in [3.05, 3.63) is 74.8 Å². The number of carbonyl (C=O) groups is 4. The molecule has 3 rings (SSSR count). The van der Waals surface area contributed by atoms with Crippen LogP contribution in [0.15, 0.2) is 42.5 Å². The van der Waals surface area contributed by atoms with Crippen LogP contribution >= 0.6 is 0 Å². The molecule has 0 N–H and O–H groups in total. The molecule has 0 bridgehead atoms. The van der Waals surface area contributed by atoms with Crippen molar-refractivity contribution < 1.29 is 28.8 Å². The summed E-state index contributed by atoms with van der Waals surface area (Å²) in [6, 6.07) is 10.6. The molecule has 0 atom stereocenters. The molecule has 9 nitrogen and oxygen atoms in total. The lowest BCUT2D eigenvalue weighted by molar-refractivity contribution is -0.385. The number of nitro groups is 1. The number of ketones is 1. The van der Waals surface area contributed by atoms with Crippen LogP contribution in [0.2, 0.25) is 0 Å². The van der Waals surface area contributed by atoms with Crippen molar-refractivity contribution in [2.45, 2.75) is 19.8 Å². The van der Waals surface area contributed by atoms with E-state index in [1.165, 1.54) is 12.1 Å². The van der Waals surface area contributed by atoms with Crippen molar-refractivity contribution >= 4 is 29.3 Å². The van der Waals surface area contributed by atoms with Gasteiger partial charge in [0.2, 0.25) is 0 Å². The highest BCUT2D eigenvalue weighted by Gasteiger charge is 2.41. The van der Waals surface area contributed by atoms with Crippen LogP contribution in [0.4, 0.5) is 5.69 Å². The summed E-state index contributed by atoms with van der Waals surface area (Å²) >= 11 is 0. The van der Waals surface area contributed by atoms with Gasteiger partial charge in [0, 0.05) is 11.6 Å². The third kappa shape index (κ3) is 3.95. The van der Waals surface area contributed by atoms with Gasteiger partial charge in [0.1, 0.15) is 12.1 Å². The standard InChI is InChI=1S/C21H18N2O7/c1-12(2)13-6-8-14(9-7-13)17(24)11-30-18(25)10-22-20(26)15-4-3-5-16(23(28)29)19(15)21(22)27/h3-9,12H,10-11H2,1-2H3. The number of hydrogen-bond acceptors (Lipinski definition) is 7. The maximum Gasteiger partial charge on any atom is 0.326 e. The molecule has 1 aliphatic heterocycles. The molecule has 154 valence electrons. The number of rotatable bonds is 7. The molecule has 0 spiro atoms. The number of nitro benzene ring substituents is 1. The lowest BCUT2D eigenvalue weighted by Crippen LogP contribution is -2.36. The monoisotopic (exact) mass is 410 g/mol. The first kappa shape index (κ1) is 20.8. The fourth-order valence-electron chi connectivity index (χ4n) is 3.07. The summed E-state index contributed by atoms with van der Waals surface area (Å²) in [5.41, 5.74) is 0.401. The topological polar surface area (TPSA) is 124 Å². The third-order valence-electron chi connectivity index (χ3n) is 4.72. The number of nitrogens with zero attached hydrogens (tertiary/aromatic N) is 2. The molecule has 0 radical (unpaired) electrons. The van der Waals surface area contributed by atoms with Crippen molar-refractivity contribution in [2.75, 3.05) is 13.2 Å². The lowest BCUT2D eigenvalue weighted by Gasteiger charge is -2.13. The molecule has 2 amide bonds. The number of amides is 2. The first-order valence-electron chi connectivity index (χ1n) is 9.13. The largest absolute Gasteiger partial charge is 0.456 e. The van der Waals surface area contributed by atoms with Gasteiger partial charge in [0.15, 0.2) is 12.4 Å². The summed E-state index contributed by atoms with van der Waals surface area (Å²) in [6.45, 7) is 2.74. The summed E-state index contributed by atoms with van der Waals surface area (Å²) in [7, 11) is 0. The smallest absolute Gasteiger partial charge is 0.326 e. The molecule has 0 saturated heterocycles. The van der Waals surface area contributed by atoms with Gasteiger partial charge in [-0.2, -0.15) is 0 Å². The Morgan fingerprint density at radius 2 is 1.73 bits per heavy atom. The highest BCUT2D eigenvalue weighted by molar-refractivity contribution is 6.24. The van der Waals surface area contributed by atoms with Crippen LogP contribution in [-0.4, -0.2) is 46.5 Å². The van der Waals surface area contributed by atoms with Gasteiger partial charge in [0.25, 0.3) is 17.5 Å². The minimum Gasteiger partial charge on any atom is -0.456 e. The predicted molar refractivity (Wildman–Crippen MR) is 104 cm³/mol. The number of hydrogen-bond donors (Lipinski definition) is 0. The zero-order chi connectivity index (χ0) is 22.0. The summed E-state index contributed by atoms with van der Waals surface area (Å²) in [6.07, 6.45) is 0. The Morgan fingerprint density at radius 1 is 1.07 bits per heavy atom. The van der Waals surface area contributed by atoms with Crippen LogP contribution in [0.5, 0.6) is 0 Å². The second-order valence-corrected chi connectivity index (χ2v) is 7.01. The van der Waals surface area contributed by atoms with E-state index in [1.54, 1.807) is 12.1 Å². The molecule has 30 heavy (non-hydrogen) atoms. The SMILES string of the molecule is CC(C)c1ccc(C(=O)COC(=O)CN2C(=O)c3cccc([N+](=O)[O-])c3C2=O)cc1. The Morgan fingerprint density at radius 3 is 2.33 bits per heavy atom. The first-order chi connectivity index (χ1) is 14.2. The lowest BCUT2D eigenvalue weighted by atomic mass is 10.0. The minimum absolute atomic E-state index is 0.150. The summed E-state index contributed by atoms with van der Waals surface area (Å²) in [5.74, 6) is -2.88. The van der Waals surface area contributed by atoms with Gasteiger partial charge >= 0.3 is 5.97 Å². The Labute approximate surface area is 171 Å². The van der Waals surface area contributed by atoms with E-state index < -0.39 is 47.3 Å². The molecular formula is C21H18N2O7. The predicted octanol–water partition coefficient (Wildman–Crippen LogP) is 2.74. The van der Waals surface area contributed by atoms with E-state index in [2.05, 4.69) is 0 Å². The van der Waals surface area contributed by atoms with E-state index in [9.17, 15) is 29.3 Å². The van der Waals surface area contributed by atoms with Gasteiger partial charge in [-0.3, -0.25) is 34.2 Å². The van der Waals surface area contributed by atoms with Crippen LogP contribution < -0.4 is 0 Å². The van der Waals surface area contributed by atoms with Crippen LogP contribution in [0.1, 0.15) is 56.4 Å². The zero-order valence-electron chi connectivity index (χ0n) is 16.3. The number of imide groups is 1. The third-order valence-corrected chi connectivity index (χ3v) is 4.72. The van der Waals surface area contributed by atoms with Crippen molar-refractivity contribution in [3.63, 3.8) is 0 Å². The minimum atomic E-state index is -0.973. The van der Waals surface area contributed by atoms with Gasteiger partial charge in [0.05, 0.1) is 10.5 Å². The Kier molecular flexibility index (Phi) is 5.72. The molecular weight excluding hydrogens is 392 g/mol. The van der Waals surface area contributed by atoms with Crippen molar-refractivity contribution in [3.8, 4) is 0 Å². The van der Waals surface area contributed by atoms with Crippen LogP contribution in [-0.2, 0) is 9.53 Å². The van der Waals surface area contributed by atoms with Crippen LogP contribution in [0.3, 0.4) is 0 Å². The van der Waals surface area contributed by atoms with E-state index in [0.29, 0.717) is 16.4 Å². The highest BCUT2D eigenvalue weighted by atomic mass is 16.6. The average Bonchev–Trinajstić information content (AvgIpc) is 2.96. The van der Waals surface area contributed by atoms with E-state index in [0.717, 1.165) is 11.6 Å². The van der Waals surface area contributed by atoms with Gasteiger partial charge in [-0.15, -0.1) is 0 Å². The quantitative estimate of drug-likeness (QED) is 0.226. The van der Waals surface area contributed by atoms with E-state index in [4.69, 9.17) is 4.74 Å². The van der Waals surface area contributed by atoms with E-state index in [1.807, 2.05) is 26.0 Å². The van der Waals surface area contributed by atoms with Crippen molar-refractivity contribution in [2.24, 2.45) is 0 Å². The fourth-order valence-corrected chi connectivity index (χ4v) is 3.07. The Balaban J connectivity index is 1.63. The molecule has 1 heterocycles. The normalized spacial score (nSPS) is 12.8.